The topological polar surface area (TPSA) is 99.1 Å². The highest BCUT2D eigenvalue weighted by molar-refractivity contribution is 7.99. The van der Waals surface area contributed by atoms with Crippen LogP contribution in [0.25, 0.3) is 0 Å². The van der Waals surface area contributed by atoms with Crippen molar-refractivity contribution in [1.29, 1.82) is 0 Å². The lowest BCUT2D eigenvalue weighted by atomic mass is 9.49. The maximum Gasteiger partial charge on any atom is 0.465 e. The number of halogens is 2. The number of carbonyl (C=O) groups excluding carboxylic acids is 1. The molecule has 3 unspecified atom stereocenters. The van der Waals surface area contributed by atoms with E-state index in [2.05, 4.69) is 0 Å². The first-order valence-corrected chi connectivity index (χ1v) is 12.1. The predicted molar refractivity (Wildman–Crippen MR) is 95.4 cm³/mol. The molecule has 28 heavy (non-hydrogen) atoms. The van der Waals surface area contributed by atoms with Gasteiger partial charge in [-0.3, -0.25) is 4.55 Å². The molecule has 0 aromatic carbocycles. The van der Waals surface area contributed by atoms with Crippen molar-refractivity contribution in [2.45, 2.75) is 49.8 Å². The fourth-order valence-corrected chi connectivity index (χ4v) is 6.69. The van der Waals surface area contributed by atoms with Gasteiger partial charge in [-0.15, -0.1) is 0 Å². The maximum absolute atomic E-state index is 13.5. The van der Waals surface area contributed by atoms with Gasteiger partial charge in [-0.1, -0.05) is 0 Å². The van der Waals surface area contributed by atoms with Gasteiger partial charge in [0.2, 0.25) is 0 Å². The summed E-state index contributed by atoms with van der Waals surface area (Å²) in [6, 6.07) is 0. The van der Waals surface area contributed by atoms with Crippen molar-refractivity contribution in [1.82, 2.24) is 0 Å². The van der Waals surface area contributed by atoms with Crippen molar-refractivity contribution < 1.29 is 40.8 Å². The Balaban J connectivity index is 1.40. The van der Waals surface area contributed by atoms with Crippen molar-refractivity contribution >= 4 is 27.8 Å². The molecule has 0 amide bonds. The van der Waals surface area contributed by atoms with Gasteiger partial charge in [-0.25, -0.2) is 4.79 Å². The molecule has 1 aliphatic heterocycles. The normalized spacial score (nSPS) is 40.5. The van der Waals surface area contributed by atoms with Crippen LogP contribution in [0.5, 0.6) is 0 Å². The minimum atomic E-state index is -5.85. The molecule has 5 aliphatic rings. The van der Waals surface area contributed by atoms with Crippen molar-refractivity contribution in [2.75, 3.05) is 24.7 Å². The third kappa shape index (κ3) is 3.80. The molecule has 160 valence electrons. The number of carbonyl (C=O) groups is 1. The molecule has 0 aromatic heterocycles. The Morgan fingerprint density at radius 2 is 1.93 bits per heavy atom. The minimum Gasteiger partial charge on any atom is -0.460 e. The van der Waals surface area contributed by atoms with Gasteiger partial charge < -0.3 is 14.2 Å². The lowest BCUT2D eigenvalue weighted by molar-refractivity contribution is -0.235. The first-order chi connectivity index (χ1) is 13.1. The van der Waals surface area contributed by atoms with Gasteiger partial charge in [-0.05, 0) is 49.9 Å². The third-order valence-electron chi connectivity index (χ3n) is 6.48. The largest absolute Gasteiger partial charge is 0.465 e. The second-order valence-electron chi connectivity index (χ2n) is 8.51. The number of thioether (sulfide) groups is 1. The molecule has 4 bridgehead atoms. The average molecular weight is 443 g/mol. The van der Waals surface area contributed by atoms with E-state index in [9.17, 15) is 22.0 Å². The van der Waals surface area contributed by atoms with Gasteiger partial charge in [-0.2, -0.15) is 29.0 Å². The maximum atomic E-state index is 13.5. The Bertz CT molecular complexity index is 707. The minimum absolute atomic E-state index is 0.0586. The van der Waals surface area contributed by atoms with E-state index in [0.29, 0.717) is 25.4 Å². The molecule has 4 saturated carbocycles. The fraction of sp³-hybridized carbons (Fsp3) is 0.941. The zero-order valence-electron chi connectivity index (χ0n) is 15.2. The van der Waals surface area contributed by atoms with E-state index >= 15 is 0 Å². The predicted octanol–water partition coefficient (Wildman–Crippen LogP) is 2.31. The summed E-state index contributed by atoms with van der Waals surface area (Å²) < 4.78 is 73.6. The van der Waals surface area contributed by atoms with E-state index in [1.165, 1.54) is 0 Å². The molecule has 5 rings (SSSR count). The number of esters is 1. The van der Waals surface area contributed by atoms with Crippen molar-refractivity contribution in [3.8, 4) is 0 Å². The Morgan fingerprint density at radius 1 is 1.25 bits per heavy atom. The summed E-state index contributed by atoms with van der Waals surface area (Å²) in [5.41, 5.74) is -0.427. The van der Waals surface area contributed by atoms with Gasteiger partial charge in [0, 0.05) is 16.9 Å². The molecule has 1 saturated heterocycles. The number of ether oxygens (including phenoxy) is 3. The van der Waals surface area contributed by atoms with E-state index in [0.717, 1.165) is 30.8 Å². The molecule has 1 N–H and O–H groups in total. The molecule has 0 radical (unpaired) electrons. The average Bonchev–Trinajstić information content (AvgIpc) is 2.62. The number of hydrogen-bond donors (Lipinski definition) is 1. The summed E-state index contributed by atoms with van der Waals surface area (Å²) >= 11 is 1.80. The van der Waals surface area contributed by atoms with Crippen LogP contribution in [-0.4, -0.2) is 61.3 Å². The van der Waals surface area contributed by atoms with Crippen LogP contribution >= 0.6 is 11.8 Å². The standard InChI is InChI=1S/C17H24F2O7S2/c18-17(19,28(21,22)23)15(20)25-9-16-5-10-3-11(6-16)14(12(4-10)7-16)26-13-8-27-2-1-24-13/h10-14H,1-9H2,(H,21,22,23). The third-order valence-corrected chi connectivity index (χ3v) is 8.26. The first-order valence-electron chi connectivity index (χ1n) is 9.46. The summed E-state index contributed by atoms with van der Waals surface area (Å²) in [6.45, 7) is 0.408. The molecule has 0 spiro atoms. The summed E-state index contributed by atoms with van der Waals surface area (Å²) in [7, 11) is -5.85. The van der Waals surface area contributed by atoms with Crippen LogP contribution in [0.3, 0.4) is 0 Å². The zero-order chi connectivity index (χ0) is 20.2. The van der Waals surface area contributed by atoms with Crippen LogP contribution in [0.15, 0.2) is 0 Å². The molecule has 1 heterocycles. The van der Waals surface area contributed by atoms with E-state index in [4.69, 9.17) is 18.8 Å². The van der Waals surface area contributed by atoms with E-state index in [1.807, 2.05) is 0 Å². The highest BCUT2D eigenvalue weighted by atomic mass is 32.2. The summed E-state index contributed by atoms with van der Waals surface area (Å²) in [5.74, 6) is 0.478. The van der Waals surface area contributed by atoms with Crippen molar-refractivity contribution in [3.63, 3.8) is 0 Å². The number of alkyl halides is 2. The molecular formula is C17H24F2O7S2. The highest BCUT2D eigenvalue weighted by Gasteiger charge is 2.58. The van der Waals surface area contributed by atoms with Crippen LogP contribution in [0, 0.1) is 23.2 Å². The van der Waals surface area contributed by atoms with E-state index in [-0.39, 0.29) is 30.8 Å². The van der Waals surface area contributed by atoms with Crippen LogP contribution in [0.2, 0.25) is 0 Å². The fourth-order valence-electron chi connectivity index (χ4n) is 5.67. The Kier molecular flexibility index (Phi) is 5.44. The second kappa shape index (κ2) is 7.33. The SMILES string of the molecule is O=C(OCC12CC3CC(C1)C(OC1CSCCO1)C(C3)C2)C(F)(F)S(=O)(=O)O. The van der Waals surface area contributed by atoms with Crippen LogP contribution in [-0.2, 0) is 29.1 Å². The summed E-state index contributed by atoms with van der Waals surface area (Å²) in [4.78, 5) is 11.6. The van der Waals surface area contributed by atoms with Gasteiger partial charge >= 0.3 is 21.3 Å². The second-order valence-corrected chi connectivity index (χ2v) is 11.1. The number of rotatable bonds is 6. The Morgan fingerprint density at radius 3 is 2.50 bits per heavy atom. The highest BCUT2D eigenvalue weighted by Crippen LogP contribution is 2.61. The van der Waals surface area contributed by atoms with Gasteiger partial charge in [0.25, 0.3) is 0 Å². The van der Waals surface area contributed by atoms with Crippen LogP contribution < -0.4 is 0 Å². The van der Waals surface area contributed by atoms with E-state index in [1.54, 1.807) is 11.8 Å². The Labute approximate surface area is 166 Å². The Hall–Kier alpha value is -0.490. The summed E-state index contributed by atoms with van der Waals surface area (Å²) in [6.07, 6.45) is 3.99. The lowest BCUT2D eigenvalue weighted by Crippen LogP contribution is -2.57. The quantitative estimate of drug-likeness (QED) is 0.494. The molecule has 0 aromatic rings. The van der Waals surface area contributed by atoms with E-state index < -0.39 is 26.8 Å². The smallest absolute Gasteiger partial charge is 0.460 e. The summed E-state index contributed by atoms with van der Waals surface area (Å²) in [5, 5.41) is -4.95. The molecule has 4 aliphatic carbocycles. The first kappa shape index (κ1) is 20.8. The monoisotopic (exact) mass is 442 g/mol. The number of hydrogen-bond acceptors (Lipinski definition) is 7. The van der Waals surface area contributed by atoms with Crippen molar-refractivity contribution in [3.05, 3.63) is 0 Å². The molecular weight excluding hydrogens is 418 g/mol. The van der Waals surface area contributed by atoms with Crippen LogP contribution in [0.4, 0.5) is 8.78 Å². The molecule has 5 fully saturated rings. The molecule has 7 nitrogen and oxygen atoms in total. The molecule has 11 heteroatoms. The lowest BCUT2D eigenvalue weighted by Gasteiger charge is -2.59. The molecule has 3 atom stereocenters. The van der Waals surface area contributed by atoms with Crippen LogP contribution in [0.1, 0.15) is 32.1 Å². The van der Waals surface area contributed by atoms with Gasteiger partial charge in [0.1, 0.15) is 0 Å². The van der Waals surface area contributed by atoms with Gasteiger partial charge in [0.05, 0.1) is 19.3 Å². The zero-order valence-corrected chi connectivity index (χ0v) is 16.9. The van der Waals surface area contributed by atoms with Gasteiger partial charge in [0.15, 0.2) is 6.29 Å². The van der Waals surface area contributed by atoms with Crippen molar-refractivity contribution in [2.24, 2.45) is 23.2 Å².